The third-order valence-electron chi connectivity index (χ3n) is 5.41. The van der Waals surface area contributed by atoms with Crippen molar-refractivity contribution < 1.29 is 14.2 Å². The molecule has 24 heavy (non-hydrogen) atoms. The van der Waals surface area contributed by atoms with Crippen molar-refractivity contribution in [2.24, 2.45) is 0 Å². The fourth-order valence-corrected chi connectivity index (χ4v) is 3.92. The lowest BCUT2D eigenvalue weighted by atomic mass is 9.88. The minimum atomic E-state index is -0.491. The summed E-state index contributed by atoms with van der Waals surface area (Å²) in [6.45, 7) is 8.59. The van der Waals surface area contributed by atoms with Crippen LogP contribution in [0.3, 0.4) is 0 Å². The zero-order valence-corrected chi connectivity index (χ0v) is 14.7. The Labute approximate surface area is 144 Å². The van der Waals surface area contributed by atoms with Crippen LogP contribution in [0.4, 0.5) is 4.39 Å². The van der Waals surface area contributed by atoms with Gasteiger partial charge in [0.25, 0.3) is 0 Å². The van der Waals surface area contributed by atoms with Gasteiger partial charge in [-0.2, -0.15) is 0 Å². The first-order valence-electron chi connectivity index (χ1n) is 9.13. The maximum absolute atomic E-state index is 13.0. The zero-order valence-electron chi connectivity index (χ0n) is 14.7. The molecule has 1 N–H and O–H groups in total. The Balaban J connectivity index is 1.58. The van der Waals surface area contributed by atoms with Crippen LogP contribution in [-0.2, 0) is 0 Å². The molecule has 0 spiro atoms. The summed E-state index contributed by atoms with van der Waals surface area (Å²) in [7, 11) is 0. The Morgan fingerprint density at radius 1 is 1.08 bits per heavy atom. The van der Waals surface area contributed by atoms with Gasteiger partial charge in [-0.3, -0.25) is 9.80 Å². The first-order chi connectivity index (χ1) is 11.5. The van der Waals surface area contributed by atoms with Crippen molar-refractivity contribution in [2.75, 3.05) is 26.2 Å². The van der Waals surface area contributed by atoms with Crippen LogP contribution in [-0.4, -0.2) is 65.4 Å². The van der Waals surface area contributed by atoms with Gasteiger partial charge >= 0.3 is 0 Å². The fourth-order valence-electron chi connectivity index (χ4n) is 3.92. The number of aliphatic hydroxyl groups excluding tert-OH is 1. The lowest BCUT2D eigenvalue weighted by molar-refractivity contribution is -0.0649. The molecule has 5 heteroatoms. The van der Waals surface area contributed by atoms with Crippen molar-refractivity contribution in [2.45, 2.75) is 57.4 Å². The Bertz CT molecular complexity index is 515. The van der Waals surface area contributed by atoms with E-state index >= 15 is 0 Å². The van der Waals surface area contributed by atoms with Gasteiger partial charge in [0.05, 0.1) is 0 Å². The summed E-state index contributed by atoms with van der Waals surface area (Å²) < 4.78 is 19.0. The summed E-state index contributed by atoms with van der Waals surface area (Å²) in [6.07, 6.45) is 2.22. The number of halogens is 1. The average molecular weight is 336 g/mol. The van der Waals surface area contributed by atoms with E-state index in [9.17, 15) is 9.50 Å². The molecule has 1 heterocycles. The molecule has 1 saturated heterocycles. The summed E-state index contributed by atoms with van der Waals surface area (Å²) in [4.78, 5) is 4.90. The Kier molecular flexibility index (Phi) is 5.74. The van der Waals surface area contributed by atoms with E-state index in [1.165, 1.54) is 12.1 Å². The third kappa shape index (κ3) is 4.08. The molecule has 3 rings (SSSR count). The van der Waals surface area contributed by atoms with E-state index in [0.717, 1.165) is 45.4 Å². The van der Waals surface area contributed by atoms with Gasteiger partial charge in [0.2, 0.25) is 0 Å². The lowest BCUT2D eigenvalue weighted by Crippen LogP contribution is -2.58. The number of nitrogens with zero attached hydrogens (tertiary/aromatic N) is 2. The molecule has 1 saturated carbocycles. The van der Waals surface area contributed by atoms with E-state index in [0.29, 0.717) is 11.8 Å². The average Bonchev–Trinajstić information content (AvgIpc) is 2.59. The Morgan fingerprint density at radius 2 is 1.75 bits per heavy atom. The Hall–Kier alpha value is -1.17. The van der Waals surface area contributed by atoms with Gasteiger partial charge in [-0.05, 0) is 57.4 Å². The first kappa shape index (κ1) is 17.6. The molecular weight excluding hydrogens is 307 g/mol. The van der Waals surface area contributed by atoms with Gasteiger partial charge in [-0.15, -0.1) is 0 Å². The van der Waals surface area contributed by atoms with Crippen LogP contribution in [0, 0.1) is 5.82 Å². The number of ether oxygens (including phenoxy) is 1. The van der Waals surface area contributed by atoms with Gasteiger partial charge < -0.3 is 9.84 Å². The summed E-state index contributed by atoms with van der Waals surface area (Å²) in [5.74, 6) is 0.359. The van der Waals surface area contributed by atoms with E-state index in [-0.39, 0.29) is 18.0 Å². The molecule has 2 aliphatic rings. The predicted molar refractivity (Wildman–Crippen MR) is 92.7 cm³/mol. The topological polar surface area (TPSA) is 35.9 Å². The maximum Gasteiger partial charge on any atom is 0.126 e. The van der Waals surface area contributed by atoms with Crippen LogP contribution >= 0.6 is 0 Å². The number of hydrogen-bond acceptors (Lipinski definition) is 4. The van der Waals surface area contributed by atoms with Crippen LogP contribution in [0.25, 0.3) is 0 Å². The van der Waals surface area contributed by atoms with Crippen molar-refractivity contribution in [3.63, 3.8) is 0 Å². The highest BCUT2D eigenvalue weighted by Crippen LogP contribution is 2.28. The van der Waals surface area contributed by atoms with Crippen molar-refractivity contribution in [3.05, 3.63) is 30.1 Å². The number of aliphatic hydroxyl groups is 1. The van der Waals surface area contributed by atoms with E-state index in [1.807, 2.05) is 0 Å². The normalized spacial score (nSPS) is 29.8. The zero-order chi connectivity index (χ0) is 17.1. The van der Waals surface area contributed by atoms with Gasteiger partial charge in [-0.1, -0.05) is 0 Å². The highest BCUT2D eigenvalue weighted by Gasteiger charge is 2.38. The molecule has 1 aliphatic heterocycles. The molecule has 2 fully saturated rings. The van der Waals surface area contributed by atoms with E-state index in [2.05, 4.69) is 23.6 Å². The second-order valence-electron chi connectivity index (χ2n) is 7.26. The molecular formula is C19H29FN2O2. The molecule has 1 aromatic rings. The first-order valence-corrected chi connectivity index (χ1v) is 9.13. The summed E-state index contributed by atoms with van der Waals surface area (Å²) in [6, 6.07) is 6.80. The number of hydrogen-bond donors (Lipinski definition) is 1. The largest absolute Gasteiger partial charge is 0.488 e. The number of benzene rings is 1. The van der Waals surface area contributed by atoms with E-state index in [1.54, 1.807) is 12.1 Å². The van der Waals surface area contributed by atoms with E-state index in [4.69, 9.17) is 4.74 Å². The van der Waals surface area contributed by atoms with Crippen LogP contribution in [0.15, 0.2) is 24.3 Å². The highest BCUT2D eigenvalue weighted by atomic mass is 19.1. The highest BCUT2D eigenvalue weighted by molar-refractivity contribution is 5.22. The molecule has 0 aromatic heterocycles. The molecule has 0 unspecified atom stereocenters. The molecule has 0 radical (unpaired) electrons. The summed E-state index contributed by atoms with van der Waals surface area (Å²) in [5, 5.41) is 10.8. The van der Waals surface area contributed by atoms with E-state index < -0.39 is 6.10 Å². The van der Waals surface area contributed by atoms with Crippen LogP contribution < -0.4 is 4.74 Å². The van der Waals surface area contributed by atoms with Crippen LogP contribution in [0.5, 0.6) is 5.75 Å². The number of piperazine rings is 1. The minimum Gasteiger partial charge on any atom is -0.488 e. The minimum absolute atomic E-state index is 0.165. The molecule has 4 nitrogen and oxygen atoms in total. The quantitative estimate of drug-likeness (QED) is 0.916. The fraction of sp³-hybridized carbons (Fsp3) is 0.684. The molecule has 134 valence electrons. The molecule has 3 atom stereocenters. The maximum atomic E-state index is 13.0. The second-order valence-corrected chi connectivity index (χ2v) is 7.26. The second kappa shape index (κ2) is 7.81. The van der Waals surface area contributed by atoms with Gasteiger partial charge in [-0.25, -0.2) is 4.39 Å². The molecule has 1 aromatic carbocycles. The Morgan fingerprint density at radius 3 is 2.38 bits per heavy atom. The van der Waals surface area contributed by atoms with Crippen molar-refractivity contribution in [1.82, 2.24) is 9.80 Å². The van der Waals surface area contributed by atoms with Gasteiger partial charge in [0, 0.05) is 38.3 Å². The van der Waals surface area contributed by atoms with Crippen LogP contribution in [0.2, 0.25) is 0 Å². The van der Waals surface area contributed by atoms with Crippen LogP contribution in [0.1, 0.15) is 33.1 Å². The summed E-state index contributed by atoms with van der Waals surface area (Å²) >= 11 is 0. The number of rotatable bonds is 4. The van der Waals surface area contributed by atoms with Crippen molar-refractivity contribution in [3.8, 4) is 5.75 Å². The summed E-state index contributed by atoms with van der Waals surface area (Å²) in [5.41, 5.74) is 0. The lowest BCUT2D eigenvalue weighted by Gasteiger charge is -2.45. The predicted octanol–water partition coefficient (Wildman–Crippen LogP) is 2.51. The smallest absolute Gasteiger partial charge is 0.126 e. The SMILES string of the molecule is CC(C)N1CCN([C@H]2CCC[C@@H](Oc3ccc(F)cc3)[C@@H]2O)CC1. The van der Waals surface area contributed by atoms with Crippen molar-refractivity contribution in [1.29, 1.82) is 0 Å². The molecule has 0 bridgehead atoms. The molecule has 1 aliphatic carbocycles. The van der Waals surface area contributed by atoms with Gasteiger partial charge in [0.1, 0.15) is 23.8 Å². The van der Waals surface area contributed by atoms with Gasteiger partial charge in [0.15, 0.2) is 0 Å². The third-order valence-corrected chi connectivity index (χ3v) is 5.41. The monoisotopic (exact) mass is 336 g/mol. The van der Waals surface area contributed by atoms with Crippen molar-refractivity contribution >= 4 is 0 Å². The standard InChI is InChI=1S/C19H29FN2O2/c1-14(2)21-10-12-22(13-11-21)17-4-3-5-18(19(17)23)24-16-8-6-15(20)7-9-16/h6-9,14,17-19,23H,3-5,10-13H2,1-2H3/t17-,18+,19+/m0/s1. The molecule has 0 amide bonds.